The van der Waals surface area contributed by atoms with Gasteiger partial charge >= 0.3 is 0 Å². The Bertz CT molecular complexity index is 352. The van der Waals surface area contributed by atoms with Crippen molar-refractivity contribution in [2.24, 2.45) is 0 Å². The van der Waals surface area contributed by atoms with Crippen LogP contribution in [0, 0.1) is 0 Å². The van der Waals surface area contributed by atoms with E-state index < -0.39 is 0 Å². The summed E-state index contributed by atoms with van der Waals surface area (Å²) in [5.74, 6) is 0.770. The van der Waals surface area contributed by atoms with Crippen molar-refractivity contribution >= 4 is 27.4 Å². The van der Waals surface area contributed by atoms with Crippen LogP contribution in [0.25, 0.3) is 0 Å². The summed E-state index contributed by atoms with van der Waals surface area (Å²) in [5, 5.41) is 18.0. The minimum atomic E-state index is 0.442. The molecule has 0 amide bonds. The van der Waals surface area contributed by atoms with E-state index in [9.17, 15) is 0 Å². The standard InChI is InChI=1S/C5H6N6S/c6-4-10-11-5(12-4)8-3-1-2-7-9-3/h1-2H,(H2,6,10)(H2,7,8,9,11). The van der Waals surface area contributed by atoms with E-state index in [1.54, 1.807) is 12.3 Å². The third-order valence-electron chi connectivity index (χ3n) is 1.18. The van der Waals surface area contributed by atoms with Crippen molar-refractivity contribution in [3.63, 3.8) is 0 Å². The Kier molecular flexibility index (Phi) is 1.63. The van der Waals surface area contributed by atoms with Crippen molar-refractivity contribution in [3.05, 3.63) is 12.3 Å². The van der Waals surface area contributed by atoms with E-state index in [-0.39, 0.29) is 0 Å². The van der Waals surface area contributed by atoms with Gasteiger partial charge < -0.3 is 11.1 Å². The van der Waals surface area contributed by atoms with E-state index in [0.717, 1.165) is 5.82 Å². The molecule has 0 bridgehead atoms. The van der Waals surface area contributed by atoms with E-state index in [0.29, 0.717) is 10.3 Å². The molecule has 0 spiro atoms. The van der Waals surface area contributed by atoms with E-state index in [4.69, 9.17) is 5.73 Å². The van der Waals surface area contributed by atoms with E-state index in [2.05, 4.69) is 25.7 Å². The molecule has 0 unspecified atom stereocenters. The molecule has 62 valence electrons. The van der Waals surface area contributed by atoms with Crippen LogP contribution >= 0.6 is 11.3 Å². The second-order valence-electron chi connectivity index (χ2n) is 2.04. The second-order valence-corrected chi connectivity index (χ2v) is 3.05. The molecule has 6 nitrogen and oxygen atoms in total. The van der Waals surface area contributed by atoms with Gasteiger partial charge in [-0.05, 0) is 0 Å². The van der Waals surface area contributed by atoms with Crippen molar-refractivity contribution in [1.29, 1.82) is 0 Å². The van der Waals surface area contributed by atoms with Crippen LogP contribution < -0.4 is 11.1 Å². The molecule has 0 atom stereocenters. The van der Waals surface area contributed by atoms with Crippen LogP contribution in [0.2, 0.25) is 0 Å². The Labute approximate surface area is 71.8 Å². The van der Waals surface area contributed by atoms with Crippen molar-refractivity contribution in [2.45, 2.75) is 0 Å². The van der Waals surface area contributed by atoms with Gasteiger partial charge in [0.25, 0.3) is 0 Å². The molecular formula is C5H6N6S. The molecule has 0 aliphatic rings. The molecular weight excluding hydrogens is 176 g/mol. The first kappa shape index (κ1) is 7.04. The maximum Gasteiger partial charge on any atom is 0.212 e. The number of nitrogens with one attached hydrogen (secondary N) is 2. The lowest BCUT2D eigenvalue weighted by Crippen LogP contribution is -1.89. The Balaban J connectivity index is 2.14. The molecule has 0 aliphatic carbocycles. The quantitative estimate of drug-likeness (QED) is 0.632. The van der Waals surface area contributed by atoms with Crippen molar-refractivity contribution in [3.8, 4) is 0 Å². The first-order valence-corrected chi connectivity index (χ1v) is 4.01. The lowest BCUT2D eigenvalue weighted by Gasteiger charge is -1.93. The van der Waals surface area contributed by atoms with Crippen molar-refractivity contribution in [2.75, 3.05) is 11.1 Å². The second kappa shape index (κ2) is 2.78. The number of hydrogen-bond donors (Lipinski definition) is 3. The summed E-state index contributed by atoms with van der Waals surface area (Å²) in [7, 11) is 0. The summed E-state index contributed by atoms with van der Waals surface area (Å²) < 4.78 is 0. The molecule has 2 aromatic heterocycles. The minimum Gasteiger partial charge on any atom is -0.374 e. The van der Waals surface area contributed by atoms with Crippen molar-refractivity contribution in [1.82, 2.24) is 20.4 Å². The molecule has 2 rings (SSSR count). The van der Waals surface area contributed by atoms with Crippen LogP contribution in [-0.2, 0) is 0 Å². The van der Waals surface area contributed by atoms with Gasteiger partial charge in [0.2, 0.25) is 10.3 Å². The SMILES string of the molecule is Nc1nnc(Nc2ccn[nH]2)s1. The van der Waals surface area contributed by atoms with Crippen LogP contribution in [0.1, 0.15) is 0 Å². The summed E-state index contributed by atoms with van der Waals surface area (Å²) in [6.07, 6.45) is 1.65. The fourth-order valence-electron chi connectivity index (χ4n) is 0.726. The number of nitrogen functional groups attached to an aromatic ring is 1. The lowest BCUT2D eigenvalue weighted by molar-refractivity contribution is 1.07. The Hall–Kier alpha value is -1.63. The van der Waals surface area contributed by atoms with Gasteiger partial charge in [-0.15, -0.1) is 10.2 Å². The summed E-state index contributed by atoms with van der Waals surface area (Å²) in [6.45, 7) is 0. The molecule has 0 saturated carbocycles. The number of anilines is 3. The first-order valence-electron chi connectivity index (χ1n) is 3.20. The average molecular weight is 182 g/mol. The molecule has 2 heterocycles. The molecule has 0 fully saturated rings. The van der Waals surface area contributed by atoms with Gasteiger partial charge in [-0.1, -0.05) is 11.3 Å². The third-order valence-corrected chi connectivity index (χ3v) is 1.85. The third kappa shape index (κ3) is 1.35. The van der Waals surface area contributed by atoms with E-state index in [1.807, 2.05) is 0 Å². The summed E-state index contributed by atoms with van der Waals surface area (Å²) in [5.41, 5.74) is 5.39. The van der Waals surface area contributed by atoms with Crippen LogP contribution in [0.15, 0.2) is 12.3 Å². The normalized spacial score (nSPS) is 10.0. The minimum absolute atomic E-state index is 0.442. The predicted octanol–water partition coefficient (Wildman–Crippen LogP) is 0.587. The molecule has 0 radical (unpaired) electrons. The van der Waals surface area contributed by atoms with Gasteiger partial charge in [0.1, 0.15) is 5.82 Å². The number of nitrogens with zero attached hydrogens (tertiary/aromatic N) is 3. The first-order chi connectivity index (χ1) is 5.84. The van der Waals surface area contributed by atoms with Crippen LogP contribution in [-0.4, -0.2) is 20.4 Å². The molecule has 7 heteroatoms. The maximum atomic E-state index is 5.39. The maximum absolute atomic E-state index is 5.39. The van der Waals surface area contributed by atoms with Crippen LogP contribution in [0.5, 0.6) is 0 Å². The Morgan fingerprint density at radius 2 is 2.42 bits per heavy atom. The largest absolute Gasteiger partial charge is 0.374 e. The smallest absolute Gasteiger partial charge is 0.212 e. The van der Waals surface area contributed by atoms with Gasteiger partial charge in [-0.3, -0.25) is 5.10 Å². The zero-order chi connectivity index (χ0) is 8.39. The van der Waals surface area contributed by atoms with Gasteiger partial charge in [-0.2, -0.15) is 5.10 Å². The number of H-pyrrole nitrogens is 1. The number of aromatic nitrogens is 4. The average Bonchev–Trinajstić information content (AvgIpc) is 2.63. The fraction of sp³-hybridized carbons (Fsp3) is 0. The topological polar surface area (TPSA) is 92.5 Å². The molecule has 0 aliphatic heterocycles. The number of hydrogen-bond acceptors (Lipinski definition) is 6. The highest BCUT2D eigenvalue weighted by Crippen LogP contribution is 2.19. The zero-order valence-electron chi connectivity index (χ0n) is 5.98. The summed E-state index contributed by atoms with van der Waals surface area (Å²) in [4.78, 5) is 0. The zero-order valence-corrected chi connectivity index (χ0v) is 6.80. The highest BCUT2D eigenvalue weighted by atomic mass is 32.1. The molecule has 0 aromatic carbocycles. The number of nitrogens with two attached hydrogens (primary N) is 1. The predicted molar refractivity (Wildman–Crippen MR) is 46.2 cm³/mol. The Morgan fingerprint density at radius 1 is 1.50 bits per heavy atom. The Morgan fingerprint density at radius 3 is 3.00 bits per heavy atom. The highest BCUT2D eigenvalue weighted by Gasteiger charge is 2.00. The van der Waals surface area contributed by atoms with Crippen LogP contribution in [0.4, 0.5) is 16.1 Å². The fourth-order valence-corrected chi connectivity index (χ4v) is 1.25. The van der Waals surface area contributed by atoms with Gasteiger partial charge in [0, 0.05) is 6.07 Å². The monoisotopic (exact) mass is 182 g/mol. The van der Waals surface area contributed by atoms with Gasteiger partial charge in [0.15, 0.2) is 0 Å². The molecule has 12 heavy (non-hydrogen) atoms. The summed E-state index contributed by atoms with van der Waals surface area (Å²) in [6, 6.07) is 1.79. The van der Waals surface area contributed by atoms with E-state index in [1.165, 1.54) is 11.3 Å². The highest BCUT2D eigenvalue weighted by molar-refractivity contribution is 7.18. The van der Waals surface area contributed by atoms with Crippen LogP contribution in [0.3, 0.4) is 0 Å². The van der Waals surface area contributed by atoms with E-state index >= 15 is 0 Å². The summed E-state index contributed by atoms with van der Waals surface area (Å²) >= 11 is 1.28. The van der Waals surface area contributed by atoms with Gasteiger partial charge in [0.05, 0.1) is 6.20 Å². The lowest BCUT2D eigenvalue weighted by atomic mass is 10.6. The number of rotatable bonds is 2. The number of aromatic amines is 1. The molecule has 0 saturated heterocycles. The van der Waals surface area contributed by atoms with Crippen molar-refractivity contribution < 1.29 is 0 Å². The molecule has 2 aromatic rings. The molecule has 4 N–H and O–H groups in total. The van der Waals surface area contributed by atoms with Gasteiger partial charge in [-0.25, -0.2) is 0 Å².